The molecule has 2 N–H and O–H groups in total. The Hall–Kier alpha value is -2.15. The van der Waals surface area contributed by atoms with Gasteiger partial charge in [-0.3, -0.25) is 10.1 Å². The number of non-ortho nitro benzene ring substituents is 1. The summed E-state index contributed by atoms with van der Waals surface area (Å²) < 4.78 is 5.37. The molecule has 2 unspecified atom stereocenters. The Balaban J connectivity index is 1.96. The molecule has 0 aliphatic carbocycles. The fourth-order valence-electron chi connectivity index (χ4n) is 2.18. The summed E-state index contributed by atoms with van der Waals surface area (Å²) in [6.45, 7) is 2.29. The van der Waals surface area contributed by atoms with Crippen LogP contribution in [0.2, 0.25) is 0 Å². The van der Waals surface area contributed by atoms with Crippen LogP contribution in [-0.2, 0) is 9.53 Å². The minimum atomic E-state index is -0.945. The number of nitro benzene ring substituents is 1. The Morgan fingerprint density at radius 3 is 2.90 bits per heavy atom. The zero-order valence-electron chi connectivity index (χ0n) is 11.0. The maximum Gasteiger partial charge on any atom is 0.332 e. The van der Waals surface area contributed by atoms with E-state index >= 15 is 0 Å². The molecular formula is C13H16N2O5. The van der Waals surface area contributed by atoms with Gasteiger partial charge in [0.1, 0.15) is 0 Å². The number of hydrogen-bond acceptors (Lipinski definition) is 5. The lowest BCUT2D eigenvalue weighted by Crippen LogP contribution is -2.24. The normalized spacial score (nSPS) is 21.6. The van der Waals surface area contributed by atoms with E-state index in [4.69, 9.17) is 9.84 Å². The second kappa shape index (κ2) is 5.87. The number of carboxylic acid groups (broad SMARTS) is 1. The molecule has 1 heterocycles. The van der Waals surface area contributed by atoms with Crippen molar-refractivity contribution in [3.05, 3.63) is 33.9 Å². The van der Waals surface area contributed by atoms with Gasteiger partial charge in [-0.2, -0.15) is 0 Å². The molecule has 108 valence electrons. The van der Waals surface area contributed by atoms with E-state index in [9.17, 15) is 14.9 Å². The molecule has 0 radical (unpaired) electrons. The summed E-state index contributed by atoms with van der Waals surface area (Å²) in [6.07, 6.45) is 0.232. The van der Waals surface area contributed by atoms with Crippen LogP contribution in [-0.4, -0.2) is 34.8 Å². The summed E-state index contributed by atoms with van der Waals surface area (Å²) >= 11 is 0. The summed E-state index contributed by atoms with van der Waals surface area (Å²) in [5.41, 5.74) is 1.58. The van der Waals surface area contributed by atoms with E-state index in [1.165, 1.54) is 12.1 Å². The first-order chi connectivity index (χ1) is 9.47. The van der Waals surface area contributed by atoms with Gasteiger partial charge in [-0.15, -0.1) is 0 Å². The zero-order valence-corrected chi connectivity index (χ0v) is 11.0. The minimum absolute atomic E-state index is 0.0221. The van der Waals surface area contributed by atoms with Crippen molar-refractivity contribution in [2.24, 2.45) is 0 Å². The fourth-order valence-corrected chi connectivity index (χ4v) is 2.18. The number of carboxylic acids is 1. The highest BCUT2D eigenvalue weighted by molar-refractivity contribution is 5.72. The van der Waals surface area contributed by atoms with Crippen molar-refractivity contribution >= 4 is 17.3 Å². The van der Waals surface area contributed by atoms with E-state index in [2.05, 4.69) is 5.32 Å². The van der Waals surface area contributed by atoms with E-state index in [1.54, 1.807) is 6.07 Å². The van der Waals surface area contributed by atoms with Gasteiger partial charge in [-0.25, -0.2) is 4.79 Å². The number of nitro groups is 1. The van der Waals surface area contributed by atoms with Gasteiger partial charge in [-0.1, -0.05) is 6.07 Å². The Morgan fingerprint density at radius 2 is 2.30 bits per heavy atom. The Morgan fingerprint density at radius 1 is 1.55 bits per heavy atom. The van der Waals surface area contributed by atoms with Crippen molar-refractivity contribution in [1.29, 1.82) is 0 Å². The maximum absolute atomic E-state index is 10.8. The van der Waals surface area contributed by atoms with Crippen LogP contribution in [0.5, 0.6) is 0 Å². The Kier molecular flexibility index (Phi) is 4.19. The highest BCUT2D eigenvalue weighted by Crippen LogP contribution is 2.24. The van der Waals surface area contributed by atoms with Crippen molar-refractivity contribution in [3.8, 4) is 0 Å². The van der Waals surface area contributed by atoms with E-state index in [-0.39, 0.29) is 11.8 Å². The van der Waals surface area contributed by atoms with Crippen LogP contribution in [0, 0.1) is 17.0 Å². The molecule has 1 fully saturated rings. The van der Waals surface area contributed by atoms with Crippen molar-refractivity contribution in [2.45, 2.75) is 32.0 Å². The monoisotopic (exact) mass is 280 g/mol. The van der Waals surface area contributed by atoms with Gasteiger partial charge in [-0.05, 0) is 25.3 Å². The quantitative estimate of drug-likeness (QED) is 0.631. The van der Waals surface area contributed by atoms with Gasteiger partial charge in [0.15, 0.2) is 6.10 Å². The lowest BCUT2D eigenvalue weighted by Gasteiger charge is -2.14. The predicted octanol–water partition coefficient (Wildman–Crippen LogP) is 1.95. The van der Waals surface area contributed by atoms with Crippen LogP contribution < -0.4 is 5.32 Å². The molecule has 1 saturated heterocycles. The second-order valence-electron chi connectivity index (χ2n) is 4.80. The molecule has 0 aromatic heterocycles. The van der Waals surface area contributed by atoms with Gasteiger partial charge < -0.3 is 15.2 Å². The second-order valence-corrected chi connectivity index (χ2v) is 4.80. The number of hydrogen-bond donors (Lipinski definition) is 2. The molecule has 20 heavy (non-hydrogen) atoms. The number of nitrogens with one attached hydrogen (secondary N) is 1. The third-order valence-corrected chi connectivity index (χ3v) is 3.34. The molecule has 0 amide bonds. The number of anilines is 1. The van der Waals surface area contributed by atoms with Gasteiger partial charge in [0.05, 0.1) is 11.0 Å². The van der Waals surface area contributed by atoms with E-state index in [0.717, 1.165) is 5.56 Å². The molecular weight excluding hydrogens is 264 g/mol. The van der Waals surface area contributed by atoms with E-state index < -0.39 is 17.0 Å². The first-order valence-electron chi connectivity index (χ1n) is 6.34. The molecule has 1 aromatic carbocycles. The van der Waals surface area contributed by atoms with Gasteiger partial charge in [0.25, 0.3) is 5.69 Å². The molecule has 0 spiro atoms. The molecule has 1 aliphatic heterocycles. The SMILES string of the molecule is Cc1ccc([N+](=O)[O-])cc1NCC1CCC(C(=O)O)O1. The molecule has 0 bridgehead atoms. The standard InChI is InChI=1S/C13H16N2O5/c1-8-2-3-9(15(18)19)6-11(8)14-7-10-4-5-12(20-10)13(16)17/h2-3,6,10,12,14H,4-5,7H2,1H3,(H,16,17). The fraction of sp³-hybridized carbons (Fsp3) is 0.462. The number of rotatable bonds is 5. The molecule has 1 aliphatic rings. The van der Waals surface area contributed by atoms with Crippen molar-refractivity contribution in [3.63, 3.8) is 0 Å². The van der Waals surface area contributed by atoms with Gasteiger partial charge >= 0.3 is 5.97 Å². The average Bonchev–Trinajstić information content (AvgIpc) is 2.86. The van der Waals surface area contributed by atoms with Gasteiger partial charge in [0, 0.05) is 24.4 Å². The topological polar surface area (TPSA) is 102 Å². The van der Waals surface area contributed by atoms with Crippen LogP contribution in [0.3, 0.4) is 0 Å². The Labute approximate surface area is 115 Å². The molecule has 2 rings (SSSR count). The Bertz CT molecular complexity index is 531. The molecule has 2 atom stereocenters. The lowest BCUT2D eigenvalue weighted by molar-refractivity contribution is -0.384. The van der Waals surface area contributed by atoms with Crippen LogP contribution in [0.4, 0.5) is 11.4 Å². The van der Waals surface area contributed by atoms with Gasteiger partial charge in [0.2, 0.25) is 0 Å². The summed E-state index contributed by atoms with van der Waals surface area (Å²) in [4.78, 5) is 21.1. The van der Waals surface area contributed by atoms with Crippen LogP contribution in [0.1, 0.15) is 18.4 Å². The molecule has 0 saturated carbocycles. The third-order valence-electron chi connectivity index (χ3n) is 3.34. The minimum Gasteiger partial charge on any atom is -0.479 e. The third kappa shape index (κ3) is 3.24. The first kappa shape index (κ1) is 14.3. The lowest BCUT2D eigenvalue weighted by atomic mass is 10.1. The average molecular weight is 280 g/mol. The highest BCUT2D eigenvalue weighted by Gasteiger charge is 2.30. The molecule has 7 heteroatoms. The van der Waals surface area contributed by atoms with Crippen LogP contribution in [0.25, 0.3) is 0 Å². The number of carbonyl (C=O) groups is 1. The summed E-state index contributed by atoms with van der Waals surface area (Å²) in [5.74, 6) is -0.945. The first-order valence-corrected chi connectivity index (χ1v) is 6.34. The van der Waals surface area contributed by atoms with E-state index in [1.807, 2.05) is 6.92 Å². The smallest absolute Gasteiger partial charge is 0.332 e. The summed E-state index contributed by atoms with van der Waals surface area (Å²) in [7, 11) is 0. The molecule has 7 nitrogen and oxygen atoms in total. The maximum atomic E-state index is 10.8. The zero-order chi connectivity index (χ0) is 14.7. The van der Waals surface area contributed by atoms with Crippen LogP contribution >= 0.6 is 0 Å². The van der Waals surface area contributed by atoms with E-state index in [0.29, 0.717) is 25.1 Å². The highest BCUT2D eigenvalue weighted by atomic mass is 16.6. The number of aliphatic carboxylic acids is 1. The number of nitrogens with zero attached hydrogens (tertiary/aromatic N) is 1. The predicted molar refractivity (Wildman–Crippen MR) is 71.9 cm³/mol. The van der Waals surface area contributed by atoms with Crippen molar-refractivity contribution in [2.75, 3.05) is 11.9 Å². The summed E-state index contributed by atoms with van der Waals surface area (Å²) in [5, 5.41) is 22.7. The van der Waals surface area contributed by atoms with Crippen molar-refractivity contribution in [1.82, 2.24) is 0 Å². The number of benzene rings is 1. The summed E-state index contributed by atoms with van der Waals surface area (Å²) in [6, 6.07) is 4.60. The van der Waals surface area contributed by atoms with Crippen LogP contribution in [0.15, 0.2) is 18.2 Å². The molecule has 1 aromatic rings. The number of aryl methyl sites for hydroxylation is 1. The van der Waals surface area contributed by atoms with Crippen molar-refractivity contribution < 1.29 is 19.6 Å². The largest absolute Gasteiger partial charge is 0.479 e. The number of ether oxygens (including phenoxy) is 1.